The normalized spacial score (nSPS) is 10.8. The predicted molar refractivity (Wildman–Crippen MR) is 151 cm³/mol. The van der Waals surface area contributed by atoms with E-state index in [0.717, 1.165) is 16.8 Å². The van der Waals surface area contributed by atoms with E-state index in [1.807, 2.05) is 61.5 Å². The lowest BCUT2D eigenvalue weighted by Gasteiger charge is -2.24. The van der Waals surface area contributed by atoms with Crippen LogP contribution in [0.3, 0.4) is 0 Å². The molecule has 0 fully saturated rings. The predicted octanol–water partition coefficient (Wildman–Crippen LogP) is 6.59. The number of hydrogen-bond donors (Lipinski definition) is 0. The number of anilines is 2. The maximum atomic E-state index is 15.4. The lowest BCUT2D eigenvalue weighted by Crippen LogP contribution is -2.30. The first-order chi connectivity index (χ1) is 18.4. The first-order valence-corrected chi connectivity index (χ1v) is 12.1. The van der Waals surface area contributed by atoms with Crippen LogP contribution in [0.25, 0.3) is 17.2 Å². The molecule has 0 aliphatic carbocycles. The van der Waals surface area contributed by atoms with Crippen molar-refractivity contribution in [3.63, 3.8) is 0 Å². The summed E-state index contributed by atoms with van der Waals surface area (Å²) < 4.78 is 20.1. The van der Waals surface area contributed by atoms with Gasteiger partial charge < -0.3 is 14.5 Å². The molecule has 0 aromatic heterocycles. The van der Waals surface area contributed by atoms with Crippen LogP contribution in [0.5, 0.6) is 0 Å². The lowest BCUT2D eigenvalue weighted by atomic mass is 10.0. The molecule has 0 N–H and O–H groups in total. The van der Waals surface area contributed by atoms with E-state index < -0.39 is 11.8 Å². The number of nitrogens with zero attached hydrogens (tertiary/aromatic N) is 2. The third-order valence-corrected chi connectivity index (χ3v) is 6.16. The number of carbonyl (C=O) groups is 2. The Morgan fingerprint density at radius 2 is 1.53 bits per heavy atom. The van der Waals surface area contributed by atoms with Gasteiger partial charge in [0.2, 0.25) is 0 Å². The van der Waals surface area contributed by atoms with Gasteiger partial charge in [0, 0.05) is 42.7 Å². The van der Waals surface area contributed by atoms with Crippen LogP contribution in [-0.4, -0.2) is 33.1 Å². The molecular weight excluding hydrogens is 479 g/mol. The molecule has 0 aliphatic heterocycles. The summed E-state index contributed by atoms with van der Waals surface area (Å²) in [5, 5.41) is 0. The van der Waals surface area contributed by atoms with E-state index in [1.165, 1.54) is 24.2 Å². The third-order valence-electron chi connectivity index (χ3n) is 6.16. The highest BCUT2D eigenvalue weighted by atomic mass is 19.1. The lowest BCUT2D eigenvalue weighted by molar-refractivity contribution is -0.134. The second-order valence-corrected chi connectivity index (χ2v) is 8.96. The van der Waals surface area contributed by atoms with Gasteiger partial charge in [-0.1, -0.05) is 54.6 Å². The van der Waals surface area contributed by atoms with Crippen molar-refractivity contribution in [1.82, 2.24) is 0 Å². The molecule has 0 spiro atoms. The van der Waals surface area contributed by atoms with E-state index in [4.69, 9.17) is 0 Å². The Bertz CT molecular complexity index is 1450. The summed E-state index contributed by atoms with van der Waals surface area (Å²) in [5.41, 5.74) is 4.88. The summed E-state index contributed by atoms with van der Waals surface area (Å²) in [6.07, 6.45) is 2.92. The van der Waals surface area contributed by atoms with Crippen LogP contribution in [-0.2, 0) is 16.1 Å². The Labute approximate surface area is 222 Å². The van der Waals surface area contributed by atoms with Gasteiger partial charge in [0.15, 0.2) is 0 Å². The number of amides is 1. The fourth-order valence-electron chi connectivity index (χ4n) is 4.02. The van der Waals surface area contributed by atoms with Crippen molar-refractivity contribution in [3.8, 4) is 11.1 Å². The van der Waals surface area contributed by atoms with Gasteiger partial charge >= 0.3 is 5.97 Å². The zero-order valence-electron chi connectivity index (χ0n) is 21.6. The number of rotatable bonds is 8. The molecule has 0 unspecified atom stereocenters. The number of halogens is 1. The monoisotopic (exact) mass is 508 g/mol. The Morgan fingerprint density at radius 3 is 2.18 bits per heavy atom. The van der Waals surface area contributed by atoms with Gasteiger partial charge in [0.25, 0.3) is 5.91 Å². The van der Waals surface area contributed by atoms with Crippen molar-refractivity contribution in [2.24, 2.45) is 0 Å². The number of methoxy groups -OCH3 is 1. The molecule has 0 atom stereocenters. The number of hydrogen-bond acceptors (Lipinski definition) is 4. The average molecular weight is 509 g/mol. The summed E-state index contributed by atoms with van der Waals surface area (Å²) in [5.74, 6) is -1.14. The highest BCUT2D eigenvalue weighted by Crippen LogP contribution is 2.27. The minimum absolute atomic E-state index is 0.0313. The molecule has 0 bridgehead atoms. The minimum Gasteiger partial charge on any atom is -0.466 e. The molecule has 0 heterocycles. The second kappa shape index (κ2) is 12.0. The van der Waals surface area contributed by atoms with Crippen molar-refractivity contribution in [3.05, 3.63) is 126 Å². The van der Waals surface area contributed by atoms with Gasteiger partial charge in [-0.25, -0.2) is 9.18 Å². The Hall–Kier alpha value is -4.71. The number of ether oxygens (including phenoxy) is 1. The Morgan fingerprint density at radius 1 is 0.816 bits per heavy atom. The van der Waals surface area contributed by atoms with Gasteiger partial charge in [-0.15, -0.1) is 0 Å². The molecule has 0 saturated carbocycles. The van der Waals surface area contributed by atoms with E-state index in [2.05, 4.69) is 4.74 Å². The fraction of sp³-hybridized carbons (Fsp3) is 0.125. The molecular formula is C32H29FN2O3. The zero-order valence-corrected chi connectivity index (χ0v) is 21.6. The number of carbonyl (C=O) groups excluding carboxylic acids is 2. The van der Waals surface area contributed by atoms with E-state index >= 15 is 4.39 Å². The highest BCUT2D eigenvalue weighted by molar-refractivity contribution is 6.06. The van der Waals surface area contributed by atoms with Crippen LogP contribution in [0.2, 0.25) is 0 Å². The SMILES string of the molecule is COC(=O)C=Cc1cccc(N(Cc2ccc(-c3ccc(N(C)C)cc3)cc2F)C(=O)c2ccccc2)c1. The highest BCUT2D eigenvalue weighted by Gasteiger charge is 2.20. The van der Waals surface area contributed by atoms with E-state index in [0.29, 0.717) is 22.4 Å². The third kappa shape index (κ3) is 6.34. The van der Waals surface area contributed by atoms with Crippen LogP contribution in [0.15, 0.2) is 103 Å². The summed E-state index contributed by atoms with van der Waals surface area (Å²) in [4.78, 5) is 28.6. The molecule has 1 amide bonds. The Kier molecular flexibility index (Phi) is 8.34. The van der Waals surface area contributed by atoms with Crippen LogP contribution in [0.1, 0.15) is 21.5 Å². The molecule has 0 aliphatic rings. The zero-order chi connectivity index (χ0) is 27.1. The van der Waals surface area contributed by atoms with Crippen LogP contribution in [0.4, 0.5) is 15.8 Å². The smallest absolute Gasteiger partial charge is 0.330 e. The molecule has 192 valence electrons. The van der Waals surface area contributed by atoms with Crippen molar-refractivity contribution >= 4 is 29.3 Å². The second-order valence-electron chi connectivity index (χ2n) is 8.96. The van der Waals surface area contributed by atoms with Crippen LogP contribution >= 0.6 is 0 Å². The largest absolute Gasteiger partial charge is 0.466 e. The number of benzene rings is 4. The quantitative estimate of drug-likeness (QED) is 0.199. The van der Waals surface area contributed by atoms with Gasteiger partial charge in [-0.2, -0.15) is 0 Å². The molecule has 4 aromatic carbocycles. The van der Waals surface area contributed by atoms with Crippen LogP contribution < -0.4 is 9.80 Å². The molecule has 0 saturated heterocycles. The van der Waals surface area contributed by atoms with E-state index in [-0.39, 0.29) is 12.5 Å². The van der Waals surface area contributed by atoms with E-state index in [9.17, 15) is 9.59 Å². The maximum Gasteiger partial charge on any atom is 0.330 e. The minimum atomic E-state index is -0.480. The summed E-state index contributed by atoms with van der Waals surface area (Å²) >= 11 is 0. The van der Waals surface area contributed by atoms with E-state index in [1.54, 1.807) is 54.6 Å². The van der Waals surface area contributed by atoms with Gasteiger partial charge in [0.05, 0.1) is 13.7 Å². The first kappa shape index (κ1) is 26.4. The van der Waals surface area contributed by atoms with Crippen molar-refractivity contribution < 1.29 is 18.7 Å². The number of esters is 1. The summed E-state index contributed by atoms with van der Waals surface area (Å²) in [7, 11) is 5.25. The fourth-order valence-corrected chi connectivity index (χ4v) is 4.02. The van der Waals surface area contributed by atoms with Gasteiger partial charge in [-0.3, -0.25) is 4.79 Å². The molecule has 4 rings (SSSR count). The Balaban J connectivity index is 1.66. The summed E-state index contributed by atoms with van der Waals surface area (Å²) in [6, 6.07) is 29.0. The summed E-state index contributed by atoms with van der Waals surface area (Å²) in [6.45, 7) is 0.0313. The van der Waals surface area contributed by atoms with Crippen molar-refractivity contribution in [1.29, 1.82) is 0 Å². The average Bonchev–Trinajstić information content (AvgIpc) is 2.95. The van der Waals surface area contributed by atoms with Crippen LogP contribution in [0, 0.1) is 5.82 Å². The van der Waals surface area contributed by atoms with Gasteiger partial charge in [0.1, 0.15) is 5.82 Å². The molecule has 6 heteroatoms. The maximum absolute atomic E-state index is 15.4. The molecule has 5 nitrogen and oxygen atoms in total. The van der Waals surface area contributed by atoms with Crippen molar-refractivity contribution in [2.45, 2.75) is 6.54 Å². The molecule has 38 heavy (non-hydrogen) atoms. The first-order valence-electron chi connectivity index (χ1n) is 12.1. The standard InChI is InChI=1S/C32H29FN2O3/c1-34(2)28-17-15-24(16-18-28)26-13-14-27(30(33)21-26)22-35(32(37)25-9-5-4-6-10-25)29-11-7-8-23(20-29)12-19-31(36)38-3/h4-21H,22H2,1-3H3. The van der Waals surface area contributed by atoms with Gasteiger partial charge in [-0.05, 0) is 65.2 Å². The molecule has 0 radical (unpaired) electrons. The van der Waals surface area contributed by atoms with Crippen molar-refractivity contribution in [2.75, 3.05) is 31.0 Å². The molecule has 4 aromatic rings. The topological polar surface area (TPSA) is 49.9 Å².